The van der Waals surface area contributed by atoms with Crippen LogP contribution in [-0.2, 0) is 0 Å². The molecule has 0 aliphatic heterocycles. The monoisotopic (exact) mass is 124 g/mol. The molecule has 0 amide bonds. The molecule has 0 aromatic heterocycles. The molecule has 0 fully saturated rings. The van der Waals surface area contributed by atoms with E-state index >= 15 is 0 Å². The highest BCUT2D eigenvalue weighted by Gasteiger charge is 1.97. The summed E-state index contributed by atoms with van der Waals surface area (Å²) in [6.07, 6.45) is 1.69. The average molecular weight is 124 g/mol. The lowest BCUT2D eigenvalue weighted by Crippen LogP contribution is -2.01. The highest BCUT2D eigenvalue weighted by Crippen LogP contribution is 1.97. The number of allylic oxidation sites excluding steroid dienone is 1. The lowest BCUT2D eigenvalue weighted by atomic mass is 10.1. The van der Waals surface area contributed by atoms with Crippen molar-refractivity contribution in [2.45, 2.75) is 13.8 Å². The first-order valence-electron chi connectivity index (χ1n) is 2.88. The van der Waals surface area contributed by atoms with Gasteiger partial charge in [-0.15, -0.1) is 0 Å². The zero-order chi connectivity index (χ0) is 7.28. The maximum Gasteiger partial charge on any atom is 0.0649 e. The third-order valence-corrected chi connectivity index (χ3v) is 0.987. The first-order valence-corrected chi connectivity index (χ1v) is 2.88. The van der Waals surface area contributed by atoms with Crippen LogP contribution in [0.4, 0.5) is 0 Å². The topological polar surface area (TPSA) is 24.7 Å². The Morgan fingerprint density at radius 2 is 2.11 bits per heavy atom. The van der Waals surface area contributed by atoms with E-state index in [0.717, 1.165) is 5.71 Å². The SMILES string of the molecule is C=C/C(=N\N=C)C(C)C. The van der Waals surface area contributed by atoms with Crippen LogP contribution in [0.1, 0.15) is 13.8 Å². The minimum Gasteiger partial charge on any atom is -0.167 e. The molecule has 0 aromatic rings. The maximum absolute atomic E-state index is 3.75. The molecule has 0 aromatic carbocycles. The minimum atomic E-state index is 0.382. The predicted molar refractivity (Wildman–Crippen MR) is 42.0 cm³/mol. The van der Waals surface area contributed by atoms with Crippen molar-refractivity contribution in [3.63, 3.8) is 0 Å². The molecule has 9 heavy (non-hydrogen) atoms. The number of hydrogen-bond acceptors (Lipinski definition) is 2. The van der Waals surface area contributed by atoms with Gasteiger partial charge in [-0.2, -0.15) is 10.2 Å². The number of hydrogen-bond donors (Lipinski definition) is 0. The molecule has 0 aliphatic rings. The molecule has 0 aliphatic carbocycles. The van der Waals surface area contributed by atoms with Gasteiger partial charge in [-0.1, -0.05) is 20.4 Å². The first kappa shape index (κ1) is 8.08. The van der Waals surface area contributed by atoms with Crippen LogP contribution in [0, 0.1) is 5.92 Å². The van der Waals surface area contributed by atoms with Gasteiger partial charge < -0.3 is 0 Å². The smallest absolute Gasteiger partial charge is 0.0649 e. The third kappa shape index (κ3) is 2.80. The highest BCUT2D eigenvalue weighted by molar-refractivity contribution is 5.95. The van der Waals surface area contributed by atoms with Gasteiger partial charge in [-0.3, -0.25) is 0 Å². The molecule has 0 radical (unpaired) electrons. The van der Waals surface area contributed by atoms with E-state index in [9.17, 15) is 0 Å². The van der Waals surface area contributed by atoms with Crippen LogP contribution in [0.25, 0.3) is 0 Å². The number of nitrogens with zero attached hydrogens (tertiary/aromatic N) is 2. The van der Waals surface area contributed by atoms with Crippen molar-refractivity contribution in [1.29, 1.82) is 0 Å². The fraction of sp³-hybridized carbons (Fsp3) is 0.429. The Bertz CT molecular complexity index is 134. The summed E-state index contributed by atoms with van der Waals surface area (Å²) in [6.45, 7) is 10.9. The summed E-state index contributed by atoms with van der Waals surface area (Å²) >= 11 is 0. The molecule has 0 N–H and O–H groups in total. The third-order valence-electron chi connectivity index (χ3n) is 0.987. The van der Waals surface area contributed by atoms with Crippen molar-refractivity contribution in [1.82, 2.24) is 0 Å². The van der Waals surface area contributed by atoms with Crippen molar-refractivity contribution >= 4 is 12.4 Å². The van der Waals surface area contributed by atoms with Crippen LogP contribution >= 0.6 is 0 Å². The Balaban J connectivity index is 4.13. The second-order valence-electron chi connectivity index (χ2n) is 2.03. The van der Waals surface area contributed by atoms with Crippen molar-refractivity contribution in [2.24, 2.45) is 16.1 Å². The van der Waals surface area contributed by atoms with Gasteiger partial charge in [0.05, 0.1) is 5.71 Å². The first-order chi connectivity index (χ1) is 4.22. The van der Waals surface area contributed by atoms with Gasteiger partial charge in [0.2, 0.25) is 0 Å². The molecule has 0 bridgehead atoms. The zero-order valence-electron chi connectivity index (χ0n) is 5.96. The van der Waals surface area contributed by atoms with E-state index in [1.807, 2.05) is 13.8 Å². The van der Waals surface area contributed by atoms with E-state index in [4.69, 9.17) is 0 Å². The molecule has 0 unspecified atom stereocenters. The lowest BCUT2D eigenvalue weighted by Gasteiger charge is -1.99. The van der Waals surface area contributed by atoms with E-state index in [-0.39, 0.29) is 0 Å². The summed E-state index contributed by atoms with van der Waals surface area (Å²) in [5, 5.41) is 7.15. The van der Waals surface area contributed by atoms with E-state index in [1.165, 1.54) is 0 Å². The van der Waals surface area contributed by atoms with Crippen molar-refractivity contribution < 1.29 is 0 Å². The molecule has 50 valence electrons. The highest BCUT2D eigenvalue weighted by atomic mass is 15.2. The van der Waals surface area contributed by atoms with Crippen LogP contribution in [0.5, 0.6) is 0 Å². The maximum atomic E-state index is 3.75. The molecular formula is C7H12N2. The summed E-state index contributed by atoms with van der Waals surface area (Å²) < 4.78 is 0. The molecule has 0 heterocycles. The Morgan fingerprint density at radius 1 is 1.56 bits per heavy atom. The van der Waals surface area contributed by atoms with Crippen molar-refractivity contribution in [3.05, 3.63) is 12.7 Å². The van der Waals surface area contributed by atoms with Crippen LogP contribution < -0.4 is 0 Å². The lowest BCUT2D eigenvalue weighted by molar-refractivity contribution is 0.881. The van der Waals surface area contributed by atoms with Crippen molar-refractivity contribution in [3.8, 4) is 0 Å². The molecule has 2 heteroatoms. The van der Waals surface area contributed by atoms with Crippen molar-refractivity contribution in [2.75, 3.05) is 0 Å². The molecule has 2 nitrogen and oxygen atoms in total. The van der Waals surface area contributed by atoms with Gasteiger partial charge in [0, 0.05) is 6.72 Å². The van der Waals surface area contributed by atoms with Crippen LogP contribution in [-0.4, -0.2) is 12.4 Å². The van der Waals surface area contributed by atoms with Gasteiger partial charge in [0.1, 0.15) is 0 Å². The molecule has 0 rings (SSSR count). The fourth-order valence-corrected chi connectivity index (χ4v) is 0.474. The minimum absolute atomic E-state index is 0.382. The van der Waals surface area contributed by atoms with Gasteiger partial charge in [0.15, 0.2) is 0 Å². The van der Waals surface area contributed by atoms with Gasteiger partial charge in [-0.05, 0) is 12.0 Å². The van der Waals surface area contributed by atoms with Crippen LogP contribution in [0.3, 0.4) is 0 Å². The quantitative estimate of drug-likeness (QED) is 0.405. The van der Waals surface area contributed by atoms with Crippen LogP contribution in [0.15, 0.2) is 22.9 Å². The summed E-state index contributed by atoms with van der Waals surface area (Å²) in [7, 11) is 0. The summed E-state index contributed by atoms with van der Waals surface area (Å²) in [4.78, 5) is 0. The largest absolute Gasteiger partial charge is 0.167 e. The zero-order valence-corrected chi connectivity index (χ0v) is 5.96. The van der Waals surface area contributed by atoms with Gasteiger partial charge in [-0.25, -0.2) is 0 Å². The average Bonchev–Trinajstić information content (AvgIpc) is 1.82. The predicted octanol–water partition coefficient (Wildman–Crippen LogP) is 1.89. The summed E-state index contributed by atoms with van der Waals surface area (Å²) in [5.74, 6) is 0.382. The second kappa shape index (κ2) is 4.01. The van der Waals surface area contributed by atoms with E-state index < -0.39 is 0 Å². The molecule has 0 saturated heterocycles. The number of rotatable bonds is 3. The molecule has 0 spiro atoms. The van der Waals surface area contributed by atoms with Gasteiger partial charge >= 0.3 is 0 Å². The normalized spacial score (nSPS) is 11.7. The second-order valence-corrected chi connectivity index (χ2v) is 2.03. The summed E-state index contributed by atoms with van der Waals surface area (Å²) in [6, 6.07) is 0. The Labute approximate surface area is 56.0 Å². The van der Waals surface area contributed by atoms with Gasteiger partial charge in [0.25, 0.3) is 0 Å². The Kier molecular flexibility index (Phi) is 3.60. The Morgan fingerprint density at radius 3 is 2.22 bits per heavy atom. The fourth-order valence-electron chi connectivity index (χ4n) is 0.474. The van der Waals surface area contributed by atoms with Crippen LogP contribution in [0.2, 0.25) is 0 Å². The molecule has 0 saturated carbocycles. The van der Waals surface area contributed by atoms with E-state index in [0.29, 0.717) is 5.92 Å². The van der Waals surface area contributed by atoms with E-state index in [2.05, 4.69) is 23.5 Å². The molecular weight excluding hydrogens is 112 g/mol. The van der Waals surface area contributed by atoms with E-state index in [1.54, 1.807) is 6.08 Å². The standard InChI is InChI=1S/C7H12N2/c1-5-7(6(2)3)9-8-4/h5-6H,1,4H2,2-3H3/b9-7+. The Hall–Kier alpha value is -0.920. The summed E-state index contributed by atoms with van der Waals surface area (Å²) in [5.41, 5.74) is 0.880. The molecule has 0 atom stereocenters.